The van der Waals surface area contributed by atoms with E-state index in [2.05, 4.69) is 18.2 Å². The van der Waals surface area contributed by atoms with Crippen molar-refractivity contribution in [2.75, 3.05) is 6.61 Å². The van der Waals surface area contributed by atoms with E-state index in [1.165, 1.54) is 12.0 Å². The van der Waals surface area contributed by atoms with E-state index >= 15 is 0 Å². The molecule has 80 valence electrons. The molecular weight excluding hydrogens is 176 g/mol. The first-order valence-electron chi connectivity index (χ1n) is 5.35. The van der Waals surface area contributed by atoms with Gasteiger partial charge in [0.05, 0.1) is 25.5 Å². The maximum absolute atomic E-state index is 5.45. The Balaban J connectivity index is 2.28. The van der Waals surface area contributed by atoms with E-state index in [1.807, 2.05) is 24.7 Å². The minimum absolute atomic E-state index is 0.306. The van der Waals surface area contributed by atoms with Crippen molar-refractivity contribution in [3.8, 4) is 0 Å². The lowest BCUT2D eigenvalue weighted by atomic mass is 10.2. The number of hydrogen-bond donors (Lipinski definition) is 0. The fraction of sp³-hybridized carbons (Fsp3) is 0.727. The quantitative estimate of drug-likeness (QED) is 0.698. The molecule has 3 heteroatoms. The van der Waals surface area contributed by atoms with Crippen LogP contribution < -0.4 is 0 Å². The molecule has 14 heavy (non-hydrogen) atoms. The van der Waals surface area contributed by atoms with Gasteiger partial charge in [-0.1, -0.05) is 13.3 Å². The lowest BCUT2D eigenvalue weighted by Gasteiger charge is -2.06. The van der Waals surface area contributed by atoms with Crippen molar-refractivity contribution in [2.45, 2.75) is 46.3 Å². The van der Waals surface area contributed by atoms with Crippen LogP contribution in [-0.4, -0.2) is 22.5 Å². The Hall–Kier alpha value is -0.830. The summed E-state index contributed by atoms with van der Waals surface area (Å²) in [5, 5.41) is 4.27. The maximum atomic E-state index is 5.45. The molecule has 0 saturated heterocycles. The molecule has 0 aliphatic heterocycles. The summed E-state index contributed by atoms with van der Waals surface area (Å²) in [6.45, 7) is 7.86. The first kappa shape index (κ1) is 11.2. The van der Waals surface area contributed by atoms with E-state index in [0.717, 1.165) is 19.6 Å². The first-order valence-corrected chi connectivity index (χ1v) is 5.35. The summed E-state index contributed by atoms with van der Waals surface area (Å²) in [6.07, 6.45) is 6.64. The zero-order chi connectivity index (χ0) is 10.4. The Morgan fingerprint density at radius 3 is 2.93 bits per heavy atom. The summed E-state index contributed by atoms with van der Waals surface area (Å²) in [7, 11) is 0. The van der Waals surface area contributed by atoms with Crippen molar-refractivity contribution in [3.05, 3.63) is 18.0 Å². The predicted molar refractivity (Wildman–Crippen MR) is 57.3 cm³/mol. The largest absolute Gasteiger partial charge is 0.377 e. The molecule has 1 aromatic heterocycles. The molecule has 0 N–H and O–H groups in total. The standard InChI is InChI=1S/C11H20N2O/c1-4-5-11-8-12-13(9-11)6-7-14-10(2)3/h8-10H,4-7H2,1-3H3. The van der Waals surface area contributed by atoms with Crippen molar-refractivity contribution in [2.24, 2.45) is 0 Å². The van der Waals surface area contributed by atoms with Crippen LogP contribution in [0.1, 0.15) is 32.8 Å². The molecule has 0 aliphatic rings. The highest BCUT2D eigenvalue weighted by molar-refractivity contribution is 5.03. The molecule has 0 unspecified atom stereocenters. The van der Waals surface area contributed by atoms with Gasteiger partial charge in [0, 0.05) is 6.20 Å². The molecular formula is C11H20N2O. The Kier molecular flexibility index (Phi) is 4.66. The highest BCUT2D eigenvalue weighted by Crippen LogP contribution is 2.01. The molecule has 0 amide bonds. The van der Waals surface area contributed by atoms with Gasteiger partial charge in [-0.05, 0) is 25.8 Å². The average molecular weight is 196 g/mol. The van der Waals surface area contributed by atoms with Crippen LogP contribution in [0.15, 0.2) is 12.4 Å². The second-order valence-corrected chi connectivity index (χ2v) is 3.78. The summed E-state index contributed by atoms with van der Waals surface area (Å²) in [5.41, 5.74) is 1.32. The second-order valence-electron chi connectivity index (χ2n) is 3.78. The topological polar surface area (TPSA) is 27.1 Å². The Bertz CT molecular complexity index is 256. The van der Waals surface area contributed by atoms with Gasteiger partial charge < -0.3 is 4.74 Å². The number of rotatable bonds is 6. The molecule has 0 radical (unpaired) electrons. The van der Waals surface area contributed by atoms with Gasteiger partial charge in [0.1, 0.15) is 0 Å². The van der Waals surface area contributed by atoms with Crippen molar-refractivity contribution in [1.82, 2.24) is 9.78 Å². The van der Waals surface area contributed by atoms with E-state index in [-0.39, 0.29) is 0 Å². The van der Waals surface area contributed by atoms with Gasteiger partial charge in [-0.3, -0.25) is 4.68 Å². The molecule has 3 nitrogen and oxygen atoms in total. The first-order chi connectivity index (χ1) is 6.72. The molecule has 0 fully saturated rings. The van der Waals surface area contributed by atoms with Crippen LogP contribution in [0.5, 0.6) is 0 Å². The lowest BCUT2D eigenvalue weighted by molar-refractivity contribution is 0.0709. The number of nitrogens with zero attached hydrogens (tertiary/aromatic N) is 2. The van der Waals surface area contributed by atoms with E-state index < -0.39 is 0 Å². The van der Waals surface area contributed by atoms with Gasteiger partial charge in [-0.2, -0.15) is 5.10 Å². The highest BCUT2D eigenvalue weighted by atomic mass is 16.5. The number of aromatic nitrogens is 2. The maximum Gasteiger partial charge on any atom is 0.0666 e. The third kappa shape index (κ3) is 3.92. The van der Waals surface area contributed by atoms with E-state index in [1.54, 1.807) is 0 Å². The molecule has 1 rings (SSSR count). The fourth-order valence-corrected chi connectivity index (χ4v) is 1.33. The summed E-state index contributed by atoms with van der Waals surface area (Å²) in [4.78, 5) is 0. The molecule has 0 atom stereocenters. The van der Waals surface area contributed by atoms with Crippen molar-refractivity contribution in [1.29, 1.82) is 0 Å². The third-order valence-electron chi connectivity index (χ3n) is 2.00. The van der Waals surface area contributed by atoms with Gasteiger partial charge in [-0.25, -0.2) is 0 Å². The Labute approximate surface area is 86.1 Å². The molecule has 0 saturated carbocycles. The zero-order valence-electron chi connectivity index (χ0n) is 9.36. The van der Waals surface area contributed by atoms with Gasteiger partial charge in [0.15, 0.2) is 0 Å². The van der Waals surface area contributed by atoms with E-state index in [4.69, 9.17) is 4.74 Å². The van der Waals surface area contributed by atoms with Gasteiger partial charge in [-0.15, -0.1) is 0 Å². The molecule has 0 spiro atoms. The summed E-state index contributed by atoms with van der Waals surface area (Å²) in [5.74, 6) is 0. The predicted octanol–water partition coefficient (Wildman–Crippen LogP) is 2.26. The Morgan fingerprint density at radius 2 is 2.29 bits per heavy atom. The second kappa shape index (κ2) is 5.81. The van der Waals surface area contributed by atoms with Gasteiger partial charge in [0.25, 0.3) is 0 Å². The minimum atomic E-state index is 0.306. The van der Waals surface area contributed by atoms with Crippen LogP contribution in [0.3, 0.4) is 0 Å². The van der Waals surface area contributed by atoms with Crippen molar-refractivity contribution >= 4 is 0 Å². The normalized spacial score (nSPS) is 11.1. The summed E-state index contributed by atoms with van der Waals surface area (Å²) < 4.78 is 7.41. The van der Waals surface area contributed by atoms with Crippen LogP contribution in [0, 0.1) is 0 Å². The average Bonchev–Trinajstić information content (AvgIpc) is 2.53. The molecule has 0 aromatic carbocycles. The van der Waals surface area contributed by atoms with Crippen LogP contribution in [0.25, 0.3) is 0 Å². The minimum Gasteiger partial charge on any atom is -0.377 e. The van der Waals surface area contributed by atoms with Crippen LogP contribution >= 0.6 is 0 Å². The number of hydrogen-bond acceptors (Lipinski definition) is 2. The SMILES string of the molecule is CCCc1cnn(CCOC(C)C)c1. The van der Waals surface area contributed by atoms with Crippen LogP contribution in [0.2, 0.25) is 0 Å². The smallest absolute Gasteiger partial charge is 0.0666 e. The van der Waals surface area contributed by atoms with Gasteiger partial charge >= 0.3 is 0 Å². The van der Waals surface area contributed by atoms with Gasteiger partial charge in [0.2, 0.25) is 0 Å². The lowest BCUT2D eigenvalue weighted by Crippen LogP contribution is -2.10. The van der Waals surface area contributed by atoms with E-state index in [9.17, 15) is 0 Å². The summed E-state index contributed by atoms with van der Waals surface area (Å²) >= 11 is 0. The number of ether oxygens (including phenoxy) is 1. The van der Waals surface area contributed by atoms with Crippen LogP contribution in [-0.2, 0) is 17.7 Å². The highest BCUT2D eigenvalue weighted by Gasteiger charge is 1.98. The molecule has 0 bridgehead atoms. The molecule has 1 heterocycles. The zero-order valence-corrected chi connectivity index (χ0v) is 9.36. The molecule has 0 aliphatic carbocycles. The van der Waals surface area contributed by atoms with Crippen molar-refractivity contribution in [3.63, 3.8) is 0 Å². The van der Waals surface area contributed by atoms with E-state index in [0.29, 0.717) is 6.10 Å². The molecule has 1 aromatic rings. The fourth-order valence-electron chi connectivity index (χ4n) is 1.33. The monoisotopic (exact) mass is 196 g/mol. The van der Waals surface area contributed by atoms with Crippen LogP contribution in [0.4, 0.5) is 0 Å². The Morgan fingerprint density at radius 1 is 1.50 bits per heavy atom. The number of aryl methyl sites for hydroxylation is 1. The summed E-state index contributed by atoms with van der Waals surface area (Å²) in [6, 6.07) is 0. The third-order valence-corrected chi connectivity index (χ3v) is 2.00. The van der Waals surface area contributed by atoms with Crippen molar-refractivity contribution < 1.29 is 4.74 Å².